The van der Waals surface area contributed by atoms with Crippen molar-refractivity contribution in [3.05, 3.63) is 30.1 Å². The van der Waals surface area contributed by atoms with Crippen LogP contribution >= 0.6 is 34.8 Å². The minimum absolute atomic E-state index is 0.0824. The van der Waals surface area contributed by atoms with Crippen LogP contribution in [0.1, 0.15) is 18.7 Å². The number of aromatic nitrogens is 3. The number of likely N-dealkylation sites (tertiary alicyclic amines) is 1. The summed E-state index contributed by atoms with van der Waals surface area (Å²) >= 11 is 18.0. The van der Waals surface area contributed by atoms with Crippen molar-refractivity contribution in [2.45, 2.75) is 16.6 Å². The Labute approximate surface area is 167 Å². The number of hydrogen-bond donors (Lipinski definition) is 1. The van der Waals surface area contributed by atoms with Gasteiger partial charge in [0.15, 0.2) is 11.6 Å². The predicted molar refractivity (Wildman–Crippen MR) is 105 cm³/mol. The van der Waals surface area contributed by atoms with Gasteiger partial charge in [0.2, 0.25) is 9.74 Å². The van der Waals surface area contributed by atoms with Gasteiger partial charge in [-0.2, -0.15) is 9.97 Å². The van der Waals surface area contributed by atoms with Crippen LogP contribution in [0.15, 0.2) is 24.3 Å². The van der Waals surface area contributed by atoms with Crippen molar-refractivity contribution in [3.63, 3.8) is 0 Å². The van der Waals surface area contributed by atoms with Gasteiger partial charge in [-0.05, 0) is 38.1 Å². The second kappa shape index (κ2) is 8.57. The van der Waals surface area contributed by atoms with Crippen LogP contribution in [0.4, 0.5) is 5.95 Å². The van der Waals surface area contributed by atoms with E-state index in [-0.39, 0.29) is 5.82 Å². The Kier molecular flexibility index (Phi) is 6.40. The third-order valence-corrected chi connectivity index (χ3v) is 4.63. The molecular weight excluding hydrogens is 397 g/mol. The third kappa shape index (κ3) is 5.10. The lowest BCUT2D eigenvalue weighted by Gasteiger charge is -2.16. The van der Waals surface area contributed by atoms with E-state index < -0.39 is 3.79 Å². The maximum atomic E-state index is 6.00. The zero-order chi connectivity index (χ0) is 18.6. The molecule has 1 aromatic carbocycles. The van der Waals surface area contributed by atoms with Crippen LogP contribution in [0.3, 0.4) is 0 Å². The number of ether oxygens (including phenoxy) is 1. The second-order valence-corrected chi connectivity index (χ2v) is 8.29. The van der Waals surface area contributed by atoms with Gasteiger partial charge in [0, 0.05) is 18.7 Å². The summed E-state index contributed by atoms with van der Waals surface area (Å²) in [5.41, 5.74) is 0.754. The number of nitrogens with one attached hydrogen (secondary N) is 1. The first-order valence-electron chi connectivity index (χ1n) is 8.39. The number of hydrogen-bond acceptors (Lipinski definition) is 6. The minimum Gasteiger partial charge on any atom is -0.497 e. The molecule has 6 nitrogen and oxygen atoms in total. The molecular formula is C17H20Cl3N5O. The average molecular weight is 417 g/mol. The lowest BCUT2D eigenvalue weighted by atomic mass is 10.2. The maximum Gasteiger partial charge on any atom is 0.250 e. The smallest absolute Gasteiger partial charge is 0.250 e. The van der Waals surface area contributed by atoms with E-state index in [1.54, 1.807) is 7.11 Å². The summed E-state index contributed by atoms with van der Waals surface area (Å²) < 4.78 is 3.52. The van der Waals surface area contributed by atoms with Gasteiger partial charge < -0.3 is 15.0 Å². The fourth-order valence-electron chi connectivity index (χ4n) is 2.81. The molecule has 0 bridgehead atoms. The van der Waals surface area contributed by atoms with Crippen molar-refractivity contribution < 1.29 is 4.74 Å². The molecule has 1 aliphatic rings. The van der Waals surface area contributed by atoms with Gasteiger partial charge in [0.25, 0.3) is 0 Å². The van der Waals surface area contributed by atoms with Crippen molar-refractivity contribution in [1.29, 1.82) is 0 Å². The van der Waals surface area contributed by atoms with Crippen LogP contribution < -0.4 is 10.1 Å². The molecule has 1 N–H and O–H groups in total. The van der Waals surface area contributed by atoms with Crippen LogP contribution in [-0.2, 0) is 3.79 Å². The number of benzene rings is 1. The zero-order valence-corrected chi connectivity index (χ0v) is 16.7. The van der Waals surface area contributed by atoms with E-state index in [2.05, 4.69) is 25.2 Å². The van der Waals surface area contributed by atoms with E-state index >= 15 is 0 Å². The van der Waals surface area contributed by atoms with Crippen molar-refractivity contribution in [2.75, 3.05) is 38.6 Å². The first kappa shape index (κ1) is 19.4. The average Bonchev–Trinajstić information content (AvgIpc) is 3.14. The highest BCUT2D eigenvalue weighted by Gasteiger charge is 2.28. The Hall–Kier alpha value is -1.34. The maximum absolute atomic E-state index is 6.00. The largest absolute Gasteiger partial charge is 0.497 e. The van der Waals surface area contributed by atoms with Crippen molar-refractivity contribution >= 4 is 40.8 Å². The standard InChI is InChI=1S/C17H20Cl3N5O/c1-26-13-6-4-5-12(11-13)14-22-15(17(18,19)20)24-16(23-14)21-7-10-25-8-2-3-9-25/h4-6,11H,2-3,7-10H2,1H3,(H,21,22,23,24). The number of halogens is 3. The van der Waals surface area contributed by atoms with Gasteiger partial charge >= 0.3 is 0 Å². The van der Waals surface area contributed by atoms with E-state index in [9.17, 15) is 0 Å². The van der Waals surface area contributed by atoms with Gasteiger partial charge in [-0.25, -0.2) is 4.98 Å². The topological polar surface area (TPSA) is 63.2 Å². The molecule has 0 amide bonds. The van der Waals surface area contributed by atoms with Crippen LogP contribution in [0.2, 0.25) is 0 Å². The van der Waals surface area contributed by atoms with Gasteiger partial charge in [-0.3, -0.25) is 0 Å². The number of methoxy groups -OCH3 is 1. The van der Waals surface area contributed by atoms with E-state index in [1.165, 1.54) is 12.8 Å². The van der Waals surface area contributed by atoms with Gasteiger partial charge in [0.05, 0.1) is 7.11 Å². The molecule has 2 heterocycles. The second-order valence-electron chi connectivity index (χ2n) is 6.01. The van der Waals surface area contributed by atoms with Crippen LogP contribution in [0.5, 0.6) is 5.75 Å². The number of alkyl halides is 3. The highest BCUT2D eigenvalue weighted by Crippen LogP contribution is 2.37. The van der Waals surface area contributed by atoms with Crippen molar-refractivity contribution in [1.82, 2.24) is 19.9 Å². The Balaban J connectivity index is 1.83. The molecule has 26 heavy (non-hydrogen) atoms. The highest BCUT2D eigenvalue weighted by molar-refractivity contribution is 6.66. The minimum atomic E-state index is -1.73. The molecule has 1 aromatic heterocycles. The highest BCUT2D eigenvalue weighted by atomic mass is 35.6. The summed E-state index contributed by atoms with van der Waals surface area (Å²) in [6.45, 7) is 3.89. The summed E-state index contributed by atoms with van der Waals surface area (Å²) in [5, 5.41) is 3.21. The Morgan fingerprint density at radius 3 is 2.62 bits per heavy atom. The number of anilines is 1. The van der Waals surface area contributed by atoms with Crippen LogP contribution in [0.25, 0.3) is 11.4 Å². The first-order valence-corrected chi connectivity index (χ1v) is 9.53. The molecule has 0 radical (unpaired) electrons. The quantitative estimate of drug-likeness (QED) is 0.721. The molecule has 0 saturated carbocycles. The molecule has 0 atom stereocenters. The van der Waals surface area contributed by atoms with E-state index in [4.69, 9.17) is 39.5 Å². The molecule has 140 valence electrons. The molecule has 2 aromatic rings. The summed E-state index contributed by atoms with van der Waals surface area (Å²) in [6.07, 6.45) is 2.51. The molecule has 1 fully saturated rings. The summed E-state index contributed by atoms with van der Waals surface area (Å²) in [5.74, 6) is 1.59. The Morgan fingerprint density at radius 1 is 1.15 bits per heavy atom. The molecule has 0 aliphatic carbocycles. The lowest BCUT2D eigenvalue weighted by Crippen LogP contribution is -2.26. The number of nitrogens with zero attached hydrogens (tertiary/aromatic N) is 4. The van der Waals surface area contributed by atoms with E-state index in [0.717, 1.165) is 25.2 Å². The fourth-order valence-corrected chi connectivity index (χ4v) is 3.06. The Morgan fingerprint density at radius 2 is 1.92 bits per heavy atom. The normalized spacial score (nSPS) is 15.2. The van der Waals surface area contributed by atoms with Gasteiger partial charge in [0.1, 0.15) is 5.75 Å². The molecule has 3 rings (SSSR count). The molecule has 1 saturated heterocycles. The molecule has 0 unspecified atom stereocenters. The molecule has 9 heteroatoms. The van der Waals surface area contributed by atoms with Crippen molar-refractivity contribution in [3.8, 4) is 17.1 Å². The van der Waals surface area contributed by atoms with Crippen LogP contribution in [0, 0.1) is 0 Å². The summed E-state index contributed by atoms with van der Waals surface area (Å²) in [4.78, 5) is 15.4. The Bertz CT molecular complexity index is 747. The van der Waals surface area contributed by atoms with Crippen LogP contribution in [-0.4, -0.2) is 53.1 Å². The SMILES string of the molecule is COc1cccc(-c2nc(NCCN3CCCC3)nc(C(Cl)(Cl)Cl)n2)c1. The first-order chi connectivity index (χ1) is 12.5. The van der Waals surface area contributed by atoms with E-state index in [1.807, 2.05) is 24.3 Å². The lowest BCUT2D eigenvalue weighted by molar-refractivity contribution is 0.352. The van der Waals surface area contributed by atoms with E-state index in [0.29, 0.717) is 24.1 Å². The fraction of sp³-hybridized carbons (Fsp3) is 0.471. The number of rotatable bonds is 6. The van der Waals surface area contributed by atoms with Gasteiger partial charge in [-0.1, -0.05) is 46.9 Å². The monoisotopic (exact) mass is 415 g/mol. The zero-order valence-electron chi connectivity index (χ0n) is 14.4. The summed E-state index contributed by atoms with van der Waals surface area (Å²) in [7, 11) is 1.60. The third-order valence-electron chi connectivity index (χ3n) is 4.13. The summed E-state index contributed by atoms with van der Waals surface area (Å²) in [6, 6.07) is 7.39. The predicted octanol–water partition coefficient (Wildman–Crippen LogP) is 3.88. The van der Waals surface area contributed by atoms with Gasteiger partial charge in [-0.15, -0.1) is 0 Å². The molecule has 0 spiro atoms. The van der Waals surface area contributed by atoms with Crippen molar-refractivity contribution in [2.24, 2.45) is 0 Å². The molecule has 1 aliphatic heterocycles.